The lowest BCUT2D eigenvalue weighted by molar-refractivity contribution is -0.145. The second-order valence-corrected chi connectivity index (χ2v) is 6.07. The molecule has 0 saturated carbocycles. The van der Waals surface area contributed by atoms with E-state index in [1.54, 1.807) is 55.5 Å². The number of carbonyl (C=O) groups excluding carboxylic acids is 3. The fraction of sp³-hybridized carbons (Fsp3) is 0.250. The van der Waals surface area contributed by atoms with Crippen LogP contribution in [-0.2, 0) is 14.3 Å². The molecule has 0 radical (unpaired) electrons. The Bertz CT molecular complexity index is 802. The van der Waals surface area contributed by atoms with Gasteiger partial charge in [0.05, 0.1) is 13.7 Å². The van der Waals surface area contributed by atoms with Gasteiger partial charge < -0.3 is 14.8 Å². The molecule has 0 aliphatic carbocycles. The molecule has 27 heavy (non-hydrogen) atoms. The number of esters is 1. The zero-order valence-electron chi connectivity index (χ0n) is 15.0. The molecule has 0 heterocycles. The van der Waals surface area contributed by atoms with Crippen molar-refractivity contribution in [1.29, 1.82) is 0 Å². The van der Waals surface area contributed by atoms with Crippen molar-refractivity contribution >= 4 is 29.3 Å². The maximum absolute atomic E-state index is 12.6. The molecule has 0 bridgehead atoms. The first kappa shape index (κ1) is 20.5. The van der Waals surface area contributed by atoms with Crippen LogP contribution in [-0.4, -0.2) is 31.4 Å². The van der Waals surface area contributed by atoms with E-state index in [2.05, 4.69) is 5.32 Å². The van der Waals surface area contributed by atoms with E-state index in [-0.39, 0.29) is 6.61 Å². The van der Waals surface area contributed by atoms with E-state index < -0.39 is 30.1 Å². The maximum Gasteiger partial charge on any atom is 0.313 e. The smallest absolute Gasteiger partial charge is 0.313 e. The van der Waals surface area contributed by atoms with E-state index in [9.17, 15) is 14.4 Å². The zero-order chi connectivity index (χ0) is 19.8. The van der Waals surface area contributed by atoms with Crippen LogP contribution in [0.5, 0.6) is 5.75 Å². The number of nitrogens with one attached hydrogen (secondary N) is 1. The summed E-state index contributed by atoms with van der Waals surface area (Å²) < 4.78 is 9.89. The number of rotatable bonds is 8. The Morgan fingerprint density at radius 1 is 1.04 bits per heavy atom. The number of Topliss-reactive ketones (excluding diaryl/α,β-unsaturated/α-hetero) is 1. The van der Waals surface area contributed by atoms with Crippen molar-refractivity contribution in [2.75, 3.05) is 13.7 Å². The van der Waals surface area contributed by atoms with Crippen molar-refractivity contribution in [3.8, 4) is 5.75 Å². The summed E-state index contributed by atoms with van der Waals surface area (Å²) in [7, 11) is 1.53. The summed E-state index contributed by atoms with van der Waals surface area (Å²) >= 11 is 5.89. The second kappa shape index (κ2) is 9.73. The van der Waals surface area contributed by atoms with E-state index >= 15 is 0 Å². The number of ketones is 1. The average Bonchev–Trinajstić information content (AvgIpc) is 2.67. The highest BCUT2D eigenvalue weighted by Gasteiger charge is 2.25. The summed E-state index contributed by atoms with van der Waals surface area (Å²) in [5.74, 6) is -0.952. The molecule has 6 nitrogen and oxygen atoms in total. The van der Waals surface area contributed by atoms with Crippen LogP contribution in [0.15, 0.2) is 48.5 Å². The largest absolute Gasteiger partial charge is 0.497 e. The number of carbonyl (C=O) groups is 3. The Hall–Kier alpha value is -2.86. The molecule has 2 aromatic carbocycles. The van der Waals surface area contributed by atoms with Gasteiger partial charge in [-0.05, 0) is 48.9 Å². The summed E-state index contributed by atoms with van der Waals surface area (Å²) in [6, 6.07) is 11.9. The fourth-order valence-corrected chi connectivity index (χ4v) is 2.54. The molecule has 0 aliphatic rings. The summed E-state index contributed by atoms with van der Waals surface area (Å²) in [4.78, 5) is 36.9. The van der Waals surface area contributed by atoms with Crippen molar-refractivity contribution in [3.05, 3.63) is 64.7 Å². The second-order valence-electron chi connectivity index (χ2n) is 5.63. The minimum atomic E-state index is -0.999. The third-order valence-corrected chi connectivity index (χ3v) is 4.03. The van der Waals surface area contributed by atoms with Crippen LogP contribution >= 0.6 is 11.6 Å². The quantitative estimate of drug-likeness (QED) is 0.553. The molecule has 0 fully saturated rings. The van der Waals surface area contributed by atoms with Crippen LogP contribution in [0.2, 0.25) is 5.02 Å². The average molecular weight is 390 g/mol. The first-order valence-corrected chi connectivity index (χ1v) is 8.71. The highest BCUT2D eigenvalue weighted by atomic mass is 35.5. The number of hydrogen-bond acceptors (Lipinski definition) is 5. The predicted octanol–water partition coefficient (Wildman–Crippen LogP) is 3.34. The van der Waals surface area contributed by atoms with Gasteiger partial charge in [0.1, 0.15) is 18.2 Å². The summed E-state index contributed by atoms with van der Waals surface area (Å²) in [6.45, 7) is 1.83. The number of ether oxygens (including phenoxy) is 2. The van der Waals surface area contributed by atoms with Crippen LogP contribution in [0, 0.1) is 0 Å². The van der Waals surface area contributed by atoms with Gasteiger partial charge in [0.2, 0.25) is 0 Å². The van der Waals surface area contributed by atoms with Gasteiger partial charge in [-0.2, -0.15) is 0 Å². The van der Waals surface area contributed by atoms with Gasteiger partial charge in [0.15, 0.2) is 5.78 Å². The van der Waals surface area contributed by atoms with Gasteiger partial charge >= 0.3 is 5.97 Å². The minimum Gasteiger partial charge on any atom is -0.497 e. The standard InChI is InChI=1S/C20H20ClNO5/c1-3-27-18(24)12-17(23)19(13-4-8-15(21)9-5-13)22-20(25)14-6-10-16(26-2)11-7-14/h4-11,19H,3,12H2,1-2H3,(H,22,25). The molecule has 142 valence electrons. The Morgan fingerprint density at radius 3 is 2.22 bits per heavy atom. The lowest BCUT2D eigenvalue weighted by Gasteiger charge is -2.18. The normalized spacial score (nSPS) is 11.4. The third-order valence-electron chi connectivity index (χ3n) is 3.78. The highest BCUT2D eigenvalue weighted by Crippen LogP contribution is 2.20. The van der Waals surface area contributed by atoms with E-state index in [4.69, 9.17) is 21.1 Å². The van der Waals surface area contributed by atoms with Gasteiger partial charge in [0.25, 0.3) is 5.91 Å². The van der Waals surface area contributed by atoms with E-state index in [1.165, 1.54) is 7.11 Å². The van der Waals surface area contributed by atoms with E-state index in [0.29, 0.717) is 21.9 Å². The number of benzene rings is 2. The topological polar surface area (TPSA) is 81.7 Å². The van der Waals surface area contributed by atoms with Gasteiger partial charge in [-0.15, -0.1) is 0 Å². The molecule has 2 rings (SSSR count). The predicted molar refractivity (Wildman–Crippen MR) is 101 cm³/mol. The first-order valence-electron chi connectivity index (χ1n) is 8.33. The Labute approximate surface area is 162 Å². The molecular weight excluding hydrogens is 370 g/mol. The van der Waals surface area contributed by atoms with Crippen LogP contribution in [0.25, 0.3) is 0 Å². The first-order chi connectivity index (χ1) is 12.9. The van der Waals surface area contributed by atoms with Gasteiger partial charge in [-0.25, -0.2) is 0 Å². The van der Waals surface area contributed by atoms with Crippen molar-refractivity contribution < 1.29 is 23.9 Å². The van der Waals surface area contributed by atoms with Gasteiger partial charge in [-0.1, -0.05) is 23.7 Å². The number of methoxy groups -OCH3 is 1. The number of amides is 1. The Balaban J connectivity index is 2.22. The summed E-state index contributed by atoms with van der Waals surface area (Å²) in [5.41, 5.74) is 0.884. The Morgan fingerprint density at radius 2 is 1.67 bits per heavy atom. The fourth-order valence-electron chi connectivity index (χ4n) is 2.42. The van der Waals surface area contributed by atoms with Crippen molar-refractivity contribution in [1.82, 2.24) is 5.32 Å². The minimum absolute atomic E-state index is 0.177. The molecule has 0 aromatic heterocycles. The number of hydrogen-bond donors (Lipinski definition) is 1. The zero-order valence-corrected chi connectivity index (χ0v) is 15.8. The summed E-state index contributed by atoms with van der Waals surface area (Å²) in [5, 5.41) is 3.17. The molecule has 0 aliphatic heterocycles. The van der Waals surface area contributed by atoms with Crippen LogP contribution < -0.4 is 10.1 Å². The molecule has 1 amide bonds. The van der Waals surface area contributed by atoms with Crippen molar-refractivity contribution in [2.24, 2.45) is 0 Å². The van der Waals surface area contributed by atoms with E-state index in [1.807, 2.05) is 0 Å². The molecule has 2 aromatic rings. The SMILES string of the molecule is CCOC(=O)CC(=O)C(NC(=O)c1ccc(OC)cc1)c1ccc(Cl)cc1. The van der Waals surface area contributed by atoms with Gasteiger partial charge in [0, 0.05) is 10.6 Å². The lowest BCUT2D eigenvalue weighted by Crippen LogP contribution is -2.35. The molecule has 1 unspecified atom stereocenters. The van der Waals surface area contributed by atoms with Crippen molar-refractivity contribution in [3.63, 3.8) is 0 Å². The Kier molecular flexibility index (Phi) is 7.37. The van der Waals surface area contributed by atoms with Gasteiger partial charge in [-0.3, -0.25) is 14.4 Å². The van der Waals surface area contributed by atoms with Crippen LogP contribution in [0.1, 0.15) is 35.3 Å². The van der Waals surface area contributed by atoms with E-state index in [0.717, 1.165) is 0 Å². The summed E-state index contributed by atoms with van der Waals surface area (Å²) in [6.07, 6.45) is -0.440. The highest BCUT2D eigenvalue weighted by molar-refractivity contribution is 6.30. The molecule has 0 spiro atoms. The molecule has 0 saturated heterocycles. The van der Waals surface area contributed by atoms with Crippen LogP contribution in [0.4, 0.5) is 0 Å². The molecular formula is C20H20ClNO5. The van der Waals surface area contributed by atoms with Crippen molar-refractivity contribution in [2.45, 2.75) is 19.4 Å². The third kappa shape index (κ3) is 5.82. The molecule has 1 N–H and O–H groups in total. The number of halogens is 1. The molecule has 7 heteroatoms. The van der Waals surface area contributed by atoms with Crippen LogP contribution in [0.3, 0.4) is 0 Å². The maximum atomic E-state index is 12.6. The lowest BCUT2D eigenvalue weighted by atomic mass is 10.00. The molecule has 1 atom stereocenters. The monoisotopic (exact) mass is 389 g/mol.